The van der Waals surface area contributed by atoms with Crippen LogP contribution in [0.1, 0.15) is 21.5 Å². The average Bonchev–Trinajstić information content (AvgIpc) is 3.48. The Morgan fingerprint density at radius 3 is 2.78 bits per heavy atom. The minimum atomic E-state index is -0.344. The number of aromatic nitrogens is 2. The summed E-state index contributed by atoms with van der Waals surface area (Å²) < 4.78 is 6.09. The molecular weight excluding hydrogens is 510 g/mol. The number of aromatic amines is 1. The highest BCUT2D eigenvalue weighted by molar-refractivity contribution is 7.22. The van der Waals surface area contributed by atoms with Gasteiger partial charge in [-0.2, -0.15) is 0 Å². The second-order valence-corrected chi connectivity index (χ2v) is 9.88. The fourth-order valence-electron chi connectivity index (χ4n) is 4.04. The van der Waals surface area contributed by atoms with Crippen LogP contribution in [0.3, 0.4) is 0 Å². The van der Waals surface area contributed by atoms with E-state index in [-0.39, 0.29) is 11.9 Å². The van der Waals surface area contributed by atoms with Crippen molar-refractivity contribution in [3.63, 3.8) is 0 Å². The van der Waals surface area contributed by atoms with Crippen LogP contribution in [0, 0.1) is 6.92 Å². The molecule has 3 aromatic carbocycles. The third-order valence-electron chi connectivity index (χ3n) is 5.99. The van der Waals surface area contributed by atoms with Crippen LogP contribution in [-0.2, 0) is 6.42 Å². The van der Waals surface area contributed by atoms with Crippen molar-refractivity contribution in [2.75, 3.05) is 24.3 Å². The number of thiazole rings is 1. The molecule has 4 N–H and O–H groups in total. The van der Waals surface area contributed by atoms with Crippen LogP contribution < -0.4 is 20.7 Å². The van der Waals surface area contributed by atoms with E-state index in [1.165, 1.54) is 11.3 Å². The van der Waals surface area contributed by atoms with Crippen molar-refractivity contribution in [3.05, 3.63) is 82.5 Å². The number of carbonyl (C=O) groups is 2. The number of aryl methyl sites for hydroxylation is 1. The van der Waals surface area contributed by atoms with Crippen molar-refractivity contribution >= 4 is 66.8 Å². The molecule has 37 heavy (non-hydrogen) atoms. The van der Waals surface area contributed by atoms with Gasteiger partial charge in [0.25, 0.3) is 5.91 Å². The van der Waals surface area contributed by atoms with Crippen LogP contribution in [0.15, 0.2) is 60.8 Å². The van der Waals surface area contributed by atoms with E-state index in [1.807, 2.05) is 43.5 Å². The summed E-state index contributed by atoms with van der Waals surface area (Å²) in [5.41, 5.74) is 4.74. The number of carbonyl (C=O) groups excluding carboxylic acids is 2. The normalized spacial score (nSPS) is 11.0. The summed E-state index contributed by atoms with van der Waals surface area (Å²) in [5, 5.41) is 10.5. The Hall–Kier alpha value is -4.08. The van der Waals surface area contributed by atoms with Gasteiger partial charge in [0, 0.05) is 29.2 Å². The lowest BCUT2D eigenvalue weighted by atomic mass is 10.1. The number of rotatable bonds is 7. The van der Waals surface area contributed by atoms with Crippen LogP contribution in [0.4, 0.5) is 15.6 Å². The number of H-pyrrole nitrogens is 1. The number of nitrogens with zero attached hydrogens (tertiary/aromatic N) is 1. The Bertz CT molecular complexity index is 1610. The lowest BCUT2D eigenvalue weighted by molar-refractivity contribution is 0.102. The van der Waals surface area contributed by atoms with E-state index >= 15 is 0 Å². The number of amides is 3. The zero-order valence-corrected chi connectivity index (χ0v) is 21.7. The largest absolute Gasteiger partial charge is 0.497 e. The second kappa shape index (κ2) is 10.5. The van der Waals surface area contributed by atoms with E-state index < -0.39 is 0 Å². The van der Waals surface area contributed by atoms with Crippen molar-refractivity contribution in [1.29, 1.82) is 0 Å². The van der Waals surface area contributed by atoms with E-state index in [2.05, 4.69) is 25.9 Å². The highest BCUT2D eigenvalue weighted by atomic mass is 35.5. The molecule has 0 saturated heterocycles. The van der Waals surface area contributed by atoms with Gasteiger partial charge in [0.05, 0.1) is 28.0 Å². The third-order valence-corrected chi connectivity index (χ3v) is 7.23. The summed E-state index contributed by atoms with van der Waals surface area (Å²) in [4.78, 5) is 33.0. The zero-order chi connectivity index (χ0) is 25.9. The second-order valence-electron chi connectivity index (χ2n) is 8.44. The van der Waals surface area contributed by atoms with Crippen molar-refractivity contribution in [2.45, 2.75) is 13.3 Å². The summed E-state index contributed by atoms with van der Waals surface area (Å²) in [6.07, 6.45) is 2.60. The van der Waals surface area contributed by atoms with Gasteiger partial charge in [0.2, 0.25) is 0 Å². The first-order valence-electron chi connectivity index (χ1n) is 11.6. The topological polar surface area (TPSA) is 108 Å². The molecular formula is C27H24ClN5O3S. The molecule has 0 unspecified atom stereocenters. The highest BCUT2D eigenvalue weighted by Crippen LogP contribution is 2.29. The fraction of sp³-hybridized carbons (Fsp3) is 0.148. The van der Waals surface area contributed by atoms with Crippen LogP contribution in [-0.4, -0.2) is 35.6 Å². The first-order chi connectivity index (χ1) is 17.9. The number of ether oxygens (including phenoxy) is 1. The van der Waals surface area contributed by atoms with E-state index in [4.69, 9.17) is 16.3 Å². The molecule has 3 amide bonds. The number of hydrogen-bond acceptors (Lipinski definition) is 5. The molecule has 8 nitrogen and oxygen atoms in total. The SMILES string of the molecule is COc1ccc2[nH]cc(CCNC(=O)Nc3nc4ccc(C(=O)Nc5c(C)cccc5Cl)cc4s3)c2c1. The minimum absolute atomic E-state index is 0.270. The van der Waals surface area contributed by atoms with E-state index in [1.54, 1.807) is 31.4 Å². The average molecular weight is 534 g/mol. The number of fused-ring (bicyclic) bond motifs is 2. The Labute approximate surface area is 222 Å². The van der Waals surface area contributed by atoms with Crippen LogP contribution in [0.2, 0.25) is 5.02 Å². The maximum Gasteiger partial charge on any atom is 0.321 e. The molecule has 0 aliphatic heterocycles. The van der Waals surface area contributed by atoms with Crippen LogP contribution >= 0.6 is 22.9 Å². The summed E-state index contributed by atoms with van der Waals surface area (Å²) >= 11 is 7.53. The van der Waals surface area contributed by atoms with Gasteiger partial charge < -0.3 is 20.4 Å². The molecule has 0 radical (unpaired) electrons. The molecule has 5 aromatic rings. The minimum Gasteiger partial charge on any atom is -0.497 e. The number of nitrogens with one attached hydrogen (secondary N) is 4. The van der Waals surface area contributed by atoms with Crippen LogP contribution in [0.5, 0.6) is 5.75 Å². The number of methoxy groups -OCH3 is 1. The molecule has 10 heteroatoms. The quantitative estimate of drug-likeness (QED) is 0.195. The fourth-order valence-corrected chi connectivity index (χ4v) is 5.21. The molecule has 2 heterocycles. The van der Waals surface area contributed by atoms with E-state index in [9.17, 15) is 9.59 Å². The Balaban J connectivity index is 1.20. The Morgan fingerprint density at radius 2 is 1.97 bits per heavy atom. The lowest BCUT2D eigenvalue weighted by Gasteiger charge is -2.10. The zero-order valence-electron chi connectivity index (χ0n) is 20.1. The van der Waals surface area contributed by atoms with Gasteiger partial charge in [-0.15, -0.1) is 0 Å². The van der Waals surface area contributed by atoms with Crippen molar-refractivity contribution in [2.24, 2.45) is 0 Å². The molecule has 0 aliphatic rings. The highest BCUT2D eigenvalue weighted by Gasteiger charge is 2.14. The smallest absolute Gasteiger partial charge is 0.321 e. The monoisotopic (exact) mass is 533 g/mol. The maximum atomic E-state index is 12.8. The van der Waals surface area contributed by atoms with Gasteiger partial charge in [-0.25, -0.2) is 9.78 Å². The number of halogens is 1. The van der Waals surface area contributed by atoms with Gasteiger partial charge in [-0.05, 0) is 66.9 Å². The summed E-state index contributed by atoms with van der Waals surface area (Å²) in [5.74, 6) is 0.517. The molecule has 0 aliphatic carbocycles. The first kappa shape index (κ1) is 24.6. The Kier molecular flexibility index (Phi) is 6.98. The summed E-state index contributed by atoms with van der Waals surface area (Å²) in [6, 6.07) is 16.2. The Morgan fingerprint density at radius 1 is 1.11 bits per heavy atom. The number of hydrogen-bond donors (Lipinski definition) is 4. The van der Waals surface area contributed by atoms with Gasteiger partial charge in [0.1, 0.15) is 5.75 Å². The number of benzene rings is 3. The van der Waals surface area contributed by atoms with Gasteiger partial charge >= 0.3 is 6.03 Å². The standard InChI is InChI=1S/C27H24ClN5O3S/c1-15-4-3-5-20(28)24(15)32-25(34)16-6-8-22-23(12-16)37-27(31-22)33-26(35)29-11-10-17-14-30-21-9-7-18(36-2)13-19(17)21/h3-9,12-14,30H,10-11H2,1-2H3,(H,32,34)(H2,29,31,33,35). The van der Waals surface area contributed by atoms with E-state index in [0.29, 0.717) is 39.9 Å². The maximum absolute atomic E-state index is 12.8. The van der Waals surface area contributed by atoms with Gasteiger partial charge in [-0.1, -0.05) is 35.1 Å². The molecule has 0 spiro atoms. The van der Waals surface area contributed by atoms with E-state index in [0.717, 1.165) is 32.5 Å². The first-order valence-corrected chi connectivity index (χ1v) is 12.8. The van der Waals surface area contributed by atoms with Crippen molar-refractivity contribution in [1.82, 2.24) is 15.3 Å². The number of urea groups is 1. The third kappa shape index (κ3) is 5.37. The van der Waals surface area contributed by atoms with Gasteiger partial charge in [0.15, 0.2) is 5.13 Å². The molecule has 188 valence electrons. The predicted octanol–water partition coefficient (Wildman–Crippen LogP) is 6.36. The molecule has 0 saturated carbocycles. The number of para-hydroxylation sites is 1. The van der Waals surface area contributed by atoms with Crippen LogP contribution in [0.25, 0.3) is 21.1 Å². The van der Waals surface area contributed by atoms with Crippen molar-refractivity contribution < 1.29 is 14.3 Å². The lowest BCUT2D eigenvalue weighted by Crippen LogP contribution is -2.30. The summed E-state index contributed by atoms with van der Waals surface area (Å²) in [6.45, 7) is 2.33. The molecule has 0 fully saturated rings. The molecule has 5 rings (SSSR count). The number of anilines is 2. The molecule has 0 atom stereocenters. The summed E-state index contributed by atoms with van der Waals surface area (Å²) in [7, 11) is 1.64. The van der Waals surface area contributed by atoms with Crippen molar-refractivity contribution in [3.8, 4) is 5.75 Å². The van der Waals surface area contributed by atoms with Gasteiger partial charge in [-0.3, -0.25) is 10.1 Å². The molecule has 2 aromatic heterocycles. The predicted molar refractivity (Wildman–Crippen MR) is 149 cm³/mol. The molecule has 0 bridgehead atoms.